The fourth-order valence-corrected chi connectivity index (χ4v) is 4.51. The minimum atomic E-state index is 0.455. The highest BCUT2D eigenvalue weighted by atomic mass is 15.2. The Morgan fingerprint density at radius 2 is 1.72 bits per heavy atom. The van der Waals surface area contributed by atoms with Crippen molar-refractivity contribution in [3.63, 3.8) is 0 Å². The monoisotopic (exact) mass is 252 g/mol. The Balaban J connectivity index is 1.96. The number of nitrogens with two attached hydrogens (primary N) is 1. The minimum Gasteiger partial charge on any atom is -0.271 e. The molecule has 0 amide bonds. The second-order valence-electron chi connectivity index (χ2n) is 7.05. The molecular weight excluding hydrogens is 220 g/mol. The van der Waals surface area contributed by atoms with Gasteiger partial charge in [0.1, 0.15) is 0 Å². The van der Waals surface area contributed by atoms with E-state index in [1.54, 1.807) is 0 Å². The summed E-state index contributed by atoms with van der Waals surface area (Å²) in [6.07, 6.45) is 14.0. The van der Waals surface area contributed by atoms with Crippen LogP contribution in [-0.4, -0.2) is 6.04 Å². The fourth-order valence-electron chi connectivity index (χ4n) is 4.51. The normalized spacial score (nSPS) is 34.2. The Morgan fingerprint density at radius 3 is 2.22 bits per heavy atom. The van der Waals surface area contributed by atoms with Gasteiger partial charge in [-0.05, 0) is 42.9 Å². The van der Waals surface area contributed by atoms with Crippen molar-refractivity contribution in [1.29, 1.82) is 0 Å². The third-order valence-corrected chi connectivity index (χ3v) is 5.87. The third-order valence-electron chi connectivity index (χ3n) is 5.87. The van der Waals surface area contributed by atoms with Crippen molar-refractivity contribution in [1.82, 2.24) is 5.43 Å². The summed E-state index contributed by atoms with van der Waals surface area (Å²) in [4.78, 5) is 0. The molecule has 0 saturated heterocycles. The molecule has 106 valence electrons. The minimum absolute atomic E-state index is 0.455. The summed E-state index contributed by atoms with van der Waals surface area (Å²) in [6, 6.07) is 0.551. The van der Waals surface area contributed by atoms with E-state index in [1.165, 1.54) is 64.2 Å². The lowest BCUT2D eigenvalue weighted by atomic mass is 9.64. The van der Waals surface area contributed by atoms with Crippen LogP contribution in [0.5, 0.6) is 0 Å². The number of hydrazine groups is 1. The molecule has 2 aliphatic rings. The van der Waals surface area contributed by atoms with Crippen LogP contribution in [0.4, 0.5) is 0 Å². The topological polar surface area (TPSA) is 38.0 Å². The summed E-state index contributed by atoms with van der Waals surface area (Å²) in [5, 5.41) is 0. The first kappa shape index (κ1) is 14.3. The van der Waals surface area contributed by atoms with Crippen LogP contribution in [0, 0.1) is 17.3 Å². The van der Waals surface area contributed by atoms with Crippen LogP contribution in [0.1, 0.15) is 78.1 Å². The molecule has 0 spiro atoms. The number of nitrogens with one attached hydrogen (secondary N) is 1. The van der Waals surface area contributed by atoms with Gasteiger partial charge in [0.2, 0.25) is 0 Å². The van der Waals surface area contributed by atoms with Crippen molar-refractivity contribution >= 4 is 0 Å². The summed E-state index contributed by atoms with van der Waals surface area (Å²) in [5.74, 6) is 7.74. The predicted molar refractivity (Wildman–Crippen MR) is 78.0 cm³/mol. The van der Waals surface area contributed by atoms with E-state index in [-0.39, 0.29) is 0 Å². The van der Waals surface area contributed by atoms with Gasteiger partial charge in [-0.25, -0.2) is 0 Å². The molecule has 18 heavy (non-hydrogen) atoms. The Morgan fingerprint density at radius 1 is 1.11 bits per heavy atom. The molecule has 0 heterocycles. The Hall–Kier alpha value is -0.0800. The SMILES string of the molecule is CCC1CCC(C(NN)C2(C)CCCCC2)CC1. The zero-order valence-electron chi connectivity index (χ0n) is 12.4. The molecule has 2 saturated carbocycles. The van der Waals surface area contributed by atoms with Crippen molar-refractivity contribution in [2.45, 2.75) is 84.1 Å². The zero-order valence-corrected chi connectivity index (χ0v) is 12.4. The van der Waals surface area contributed by atoms with E-state index < -0.39 is 0 Å². The van der Waals surface area contributed by atoms with Gasteiger partial charge in [-0.1, -0.05) is 52.4 Å². The average molecular weight is 252 g/mol. The first-order valence-electron chi connectivity index (χ1n) is 8.15. The van der Waals surface area contributed by atoms with Crippen molar-refractivity contribution < 1.29 is 0 Å². The maximum Gasteiger partial charge on any atom is 0.0292 e. The number of rotatable bonds is 4. The molecule has 0 bridgehead atoms. The van der Waals surface area contributed by atoms with Gasteiger partial charge in [-0.2, -0.15) is 0 Å². The Labute approximate surface area is 113 Å². The maximum absolute atomic E-state index is 5.94. The highest BCUT2D eigenvalue weighted by molar-refractivity contribution is 4.94. The van der Waals surface area contributed by atoms with Crippen LogP contribution < -0.4 is 11.3 Å². The van der Waals surface area contributed by atoms with E-state index in [1.807, 2.05) is 0 Å². The van der Waals surface area contributed by atoms with Gasteiger partial charge < -0.3 is 0 Å². The lowest BCUT2D eigenvalue weighted by Gasteiger charge is -2.46. The maximum atomic E-state index is 5.94. The van der Waals surface area contributed by atoms with Gasteiger partial charge in [0.05, 0.1) is 0 Å². The van der Waals surface area contributed by atoms with Crippen molar-refractivity contribution in [2.24, 2.45) is 23.1 Å². The van der Waals surface area contributed by atoms with E-state index in [0.29, 0.717) is 11.5 Å². The van der Waals surface area contributed by atoms with Gasteiger partial charge in [-0.3, -0.25) is 11.3 Å². The van der Waals surface area contributed by atoms with Crippen LogP contribution >= 0.6 is 0 Å². The molecule has 0 aromatic carbocycles. The average Bonchev–Trinajstić information content (AvgIpc) is 2.41. The first-order valence-corrected chi connectivity index (χ1v) is 8.15. The van der Waals surface area contributed by atoms with Crippen molar-refractivity contribution in [3.05, 3.63) is 0 Å². The van der Waals surface area contributed by atoms with E-state index in [4.69, 9.17) is 5.84 Å². The van der Waals surface area contributed by atoms with Gasteiger partial charge >= 0.3 is 0 Å². The molecule has 1 unspecified atom stereocenters. The quantitative estimate of drug-likeness (QED) is 0.586. The van der Waals surface area contributed by atoms with Gasteiger partial charge in [0.25, 0.3) is 0 Å². The summed E-state index contributed by atoms with van der Waals surface area (Å²) in [6.45, 7) is 4.81. The van der Waals surface area contributed by atoms with Crippen LogP contribution in [0.25, 0.3) is 0 Å². The molecule has 2 rings (SSSR count). The zero-order chi connectivity index (χ0) is 13.0. The highest BCUT2D eigenvalue weighted by Gasteiger charge is 2.40. The fraction of sp³-hybridized carbons (Fsp3) is 1.00. The van der Waals surface area contributed by atoms with Gasteiger partial charge in [0.15, 0.2) is 0 Å². The Kier molecular flexibility index (Phi) is 5.08. The van der Waals surface area contributed by atoms with E-state index in [0.717, 1.165) is 11.8 Å². The molecule has 2 heteroatoms. The lowest BCUT2D eigenvalue weighted by Crippen LogP contribution is -2.53. The first-order chi connectivity index (χ1) is 8.69. The molecule has 2 fully saturated rings. The number of hydrogen-bond donors (Lipinski definition) is 2. The van der Waals surface area contributed by atoms with Crippen molar-refractivity contribution in [3.8, 4) is 0 Å². The van der Waals surface area contributed by atoms with Gasteiger partial charge in [0, 0.05) is 6.04 Å². The largest absolute Gasteiger partial charge is 0.271 e. The molecule has 1 atom stereocenters. The molecule has 0 radical (unpaired) electrons. The third kappa shape index (κ3) is 3.08. The van der Waals surface area contributed by atoms with Crippen molar-refractivity contribution in [2.75, 3.05) is 0 Å². The summed E-state index contributed by atoms with van der Waals surface area (Å²) >= 11 is 0. The summed E-state index contributed by atoms with van der Waals surface area (Å²) in [7, 11) is 0. The second kappa shape index (κ2) is 6.38. The number of hydrogen-bond acceptors (Lipinski definition) is 2. The van der Waals surface area contributed by atoms with Crippen LogP contribution in [0.2, 0.25) is 0 Å². The molecular formula is C16H32N2. The standard InChI is InChI=1S/C16H32N2/c1-3-13-7-9-14(10-8-13)15(18-17)16(2)11-5-4-6-12-16/h13-15,18H,3-12,17H2,1-2H3. The smallest absolute Gasteiger partial charge is 0.0292 e. The van der Waals surface area contributed by atoms with Crippen LogP contribution in [0.3, 0.4) is 0 Å². The molecule has 2 nitrogen and oxygen atoms in total. The van der Waals surface area contributed by atoms with E-state index >= 15 is 0 Å². The second-order valence-corrected chi connectivity index (χ2v) is 7.05. The van der Waals surface area contributed by atoms with Crippen LogP contribution in [0.15, 0.2) is 0 Å². The molecule has 0 aliphatic heterocycles. The predicted octanol–water partition coefficient (Wildman–Crippen LogP) is 4.01. The Bertz CT molecular complexity index is 237. The van der Waals surface area contributed by atoms with E-state index in [2.05, 4.69) is 19.3 Å². The summed E-state index contributed by atoms with van der Waals surface area (Å²) in [5.41, 5.74) is 3.67. The molecule has 3 N–H and O–H groups in total. The molecule has 0 aromatic rings. The van der Waals surface area contributed by atoms with Gasteiger partial charge in [-0.15, -0.1) is 0 Å². The molecule has 2 aliphatic carbocycles. The highest BCUT2D eigenvalue weighted by Crippen LogP contribution is 2.44. The lowest BCUT2D eigenvalue weighted by molar-refractivity contribution is 0.0767. The van der Waals surface area contributed by atoms with E-state index in [9.17, 15) is 0 Å². The summed E-state index contributed by atoms with van der Waals surface area (Å²) < 4.78 is 0. The molecule has 0 aromatic heterocycles. The van der Waals surface area contributed by atoms with Crippen LogP contribution in [-0.2, 0) is 0 Å².